The van der Waals surface area contributed by atoms with Crippen LogP contribution in [0.2, 0.25) is 0 Å². The molecule has 2 amide bonds. The number of fused-ring (bicyclic) bond motifs is 1. The van der Waals surface area contributed by atoms with E-state index in [9.17, 15) is 22.8 Å². The van der Waals surface area contributed by atoms with E-state index in [4.69, 9.17) is 4.74 Å². The molecule has 2 aliphatic heterocycles. The van der Waals surface area contributed by atoms with Crippen molar-refractivity contribution < 1.29 is 27.5 Å². The maximum Gasteiger partial charge on any atom is 0.331 e. The molecule has 0 unspecified atom stereocenters. The molecule has 2 aromatic carbocycles. The molecule has 0 radical (unpaired) electrons. The topological polar surface area (TPSA) is 141 Å². The van der Waals surface area contributed by atoms with Crippen LogP contribution in [0.5, 0.6) is 0 Å². The van der Waals surface area contributed by atoms with Crippen molar-refractivity contribution in [1.29, 1.82) is 0 Å². The Kier molecular flexibility index (Phi) is 6.51. The molecule has 0 bridgehead atoms. The Labute approximate surface area is 219 Å². The number of carbonyl (C=O) groups excluding carboxylic acids is 3. The molecule has 12 heteroatoms. The van der Waals surface area contributed by atoms with Gasteiger partial charge in [-0.05, 0) is 25.0 Å². The lowest BCUT2D eigenvalue weighted by molar-refractivity contribution is -0.164. The van der Waals surface area contributed by atoms with Gasteiger partial charge in [0.2, 0.25) is 5.91 Å². The van der Waals surface area contributed by atoms with Gasteiger partial charge in [-0.1, -0.05) is 65.9 Å². The third kappa shape index (κ3) is 4.14. The largest absolute Gasteiger partial charge is 0.451 e. The minimum Gasteiger partial charge on any atom is -0.451 e. The van der Waals surface area contributed by atoms with Gasteiger partial charge in [-0.2, -0.15) is 0 Å². The lowest BCUT2D eigenvalue weighted by Gasteiger charge is -2.37. The van der Waals surface area contributed by atoms with Gasteiger partial charge in [0.15, 0.2) is 27.7 Å². The molecule has 2 saturated heterocycles. The zero-order chi connectivity index (χ0) is 27.1. The number of nitrogens with zero attached hydrogens (tertiary/aromatic N) is 4. The van der Waals surface area contributed by atoms with Crippen LogP contribution in [0.15, 0.2) is 66.9 Å². The molecule has 3 aromatic rings. The number of amides is 2. The average Bonchev–Trinajstić information content (AvgIpc) is 3.42. The number of carbonyl (C=O) groups is 3. The monoisotopic (exact) mass is 537 g/mol. The molecular formula is C26H27N5O6S. The Bertz CT molecular complexity index is 1440. The molecular weight excluding hydrogens is 510 g/mol. The van der Waals surface area contributed by atoms with Crippen LogP contribution in [0.4, 0.5) is 0 Å². The first kappa shape index (κ1) is 25.6. The summed E-state index contributed by atoms with van der Waals surface area (Å²) >= 11 is 0. The molecule has 3 atom stereocenters. The normalized spacial score (nSPS) is 23.6. The van der Waals surface area contributed by atoms with Gasteiger partial charge in [-0.15, -0.1) is 5.10 Å². The van der Waals surface area contributed by atoms with Crippen LogP contribution in [0.1, 0.15) is 48.0 Å². The van der Waals surface area contributed by atoms with Crippen LogP contribution < -0.4 is 5.32 Å². The van der Waals surface area contributed by atoms with Gasteiger partial charge in [0.05, 0.1) is 19.2 Å². The number of sulfone groups is 1. The average molecular weight is 538 g/mol. The Morgan fingerprint density at radius 2 is 1.71 bits per heavy atom. The van der Waals surface area contributed by atoms with Crippen molar-refractivity contribution in [2.24, 2.45) is 0 Å². The van der Waals surface area contributed by atoms with Gasteiger partial charge < -0.3 is 15.0 Å². The van der Waals surface area contributed by atoms with Crippen molar-refractivity contribution in [3.05, 3.63) is 83.7 Å². The van der Waals surface area contributed by atoms with E-state index in [-0.39, 0.29) is 18.7 Å². The number of benzene rings is 2. The molecule has 0 saturated carbocycles. The quantitative estimate of drug-likeness (QED) is 0.337. The Balaban J connectivity index is 1.50. The zero-order valence-electron chi connectivity index (χ0n) is 20.9. The fourth-order valence-corrected chi connectivity index (χ4v) is 7.44. The summed E-state index contributed by atoms with van der Waals surface area (Å²) in [6, 6.07) is 16.8. The van der Waals surface area contributed by atoms with E-state index < -0.39 is 49.9 Å². The molecule has 0 spiro atoms. The fraction of sp³-hybridized carbons (Fsp3) is 0.346. The van der Waals surface area contributed by atoms with Crippen LogP contribution >= 0.6 is 0 Å². The number of rotatable bonds is 8. The second-order valence-corrected chi connectivity index (χ2v) is 12.1. The van der Waals surface area contributed by atoms with Crippen molar-refractivity contribution in [1.82, 2.24) is 25.2 Å². The maximum atomic E-state index is 13.8. The van der Waals surface area contributed by atoms with Gasteiger partial charge in [-0.25, -0.2) is 13.2 Å². The summed E-state index contributed by atoms with van der Waals surface area (Å²) in [7, 11) is -4.02. The van der Waals surface area contributed by atoms with E-state index in [1.54, 1.807) is 6.92 Å². The van der Waals surface area contributed by atoms with E-state index in [1.165, 1.54) is 17.8 Å². The second kappa shape index (κ2) is 9.67. The van der Waals surface area contributed by atoms with E-state index in [1.807, 2.05) is 60.7 Å². The summed E-state index contributed by atoms with van der Waals surface area (Å²) in [5.74, 6) is -1.74. The Morgan fingerprint density at radius 1 is 1.11 bits per heavy atom. The molecule has 0 aliphatic carbocycles. The highest BCUT2D eigenvalue weighted by Crippen LogP contribution is 2.47. The Hall–Kier alpha value is -4.06. The predicted octanol–water partition coefficient (Wildman–Crippen LogP) is 1.47. The third-order valence-corrected chi connectivity index (χ3v) is 9.82. The number of ether oxygens (including phenoxy) is 1. The smallest absolute Gasteiger partial charge is 0.331 e. The summed E-state index contributed by atoms with van der Waals surface area (Å²) in [4.78, 5) is 39.7. The van der Waals surface area contributed by atoms with Crippen LogP contribution in [0, 0.1) is 0 Å². The third-order valence-electron chi connectivity index (χ3n) is 7.06. The Morgan fingerprint density at radius 3 is 2.26 bits per heavy atom. The highest BCUT2D eigenvalue weighted by Gasteiger charge is 2.70. The molecule has 2 fully saturated rings. The van der Waals surface area contributed by atoms with Crippen LogP contribution in [-0.4, -0.2) is 68.8 Å². The summed E-state index contributed by atoms with van der Waals surface area (Å²) in [5.41, 5.74) is 1.41. The minimum absolute atomic E-state index is 0.0116. The van der Waals surface area contributed by atoms with E-state index in [0.29, 0.717) is 17.7 Å². The van der Waals surface area contributed by atoms with E-state index >= 15 is 0 Å². The number of nitrogens with one attached hydrogen (secondary N) is 1. The van der Waals surface area contributed by atoms with Crippen molar-refractivity contribution in [3.8, 4) is 0 Å². The molecule has 2 aliphatic rings. The van der Waals surface area contributed by atoms with Crippen molar-refractivity contribution in [3.63, 3.8) is 0 Å². The molecule has 1 aromatic heterocycles. The number of aromatic nitrogens is 3. The number of hydrogen-bond donors (Lipinski definition) is 1. The number of esters is 1. The van der Waals surface area contributed by atoms with Crippen molar-refractivity contribution in [2.75, 3.05) is 6.54 Å². The number of hydrogen-bond acceptors (Lipinski definition) is 8. The summed E-state index contributed by atoms with van der Waals surface area (Å²) in [6.45, 7) is 3.25. The second-order valence-electron chi connectivity index (χ2n) is 9.52. The lowest BCUT2D eigenvalue weighted by atomic mass is 9.95. The van der Waals surface area contributed by atoms with Gasteiger partial charge >= 0.3 is 5.97 Å². The highest BCUT2D eigenvalue weighted by molar-refractivity contribution is 7.93. The van der Waals surface area contributed by atoms with Crippen LogP contribution in [0.25, 0.3) is 0 Å². The highest BCUT2D eigenvalue weighted by atomic mass is 32.2. The molecule has 5 rings (SSSR count). The van der Waals surface area contributed by atoms with Crippen molar-refractivity contribution >= 4 is 27.6 Å². The summed E-state index contributed by atoms with van der Waals surface area (Å²) in [6.07, 6.45) is 0.301. The van der Waals surface area contributed by atoms with Gasteiger partial charge in [0.1, 0.15) is 10.1 Å². The zero-order valence-corrected chi connectivity index (χ0v) is 21.7. The molecule has 11 nitrogen and oxygen atoms in total. The predicted molar refractivity (Wildman–Crippen MR) is 135 cm³/mol. The fourth-order valence-electron chi connectivity index (χ4n) is 5.09. The standard InChI is InChI=1S/C26H27N5O6S/c1-3-27-24(33)19-15-30(29-28-19)16-26(2)23(31-20(32)14-21(31)38(26,35)36)25(34)37-22(17-10-6-4-7-11-17)18-12-8-5-9-13-18/h4-13,15,21-23H,3,14,16H2,1-2H3,(H,27,33)/t21-,23+,26+/m1/s1. The summed E-state index contributed by atoms with van der Waals surface area (Å²) in [5, 5.41) is 9.23. The lowest BCUT2D eigenvalue weighted by Crippen LogP contribution is -2.58. The molecule has 38 heavy (non-hydrogen) atoms. The van der Waals surface area contributed by atoms with Crippen LogP contribution in [0.3, 0.4) is 0 Å². The SMILES string of the molecule is CCNC(=O)c1cn(C[C@@]2(C)[C@H](C(=O)OC(c3ccccc3)c3ccccc3)N3C(=O)C[C@H]3S2(=O)=O)nn1. The van der Waals surface area contributed by atoms with Gasteiger partial charge in [0, 0.05) is 6.54 Å². The van der Waals surface area contributed by atoms with Gasteiger partial charge in [-0.3, -0.25) is 14.3 Å². The van der Waals surface area contributed by atoms with Gasteiger partial charge in [0.25, 0.3) is 5.91 Å². The van der Waals surface area contributed by atoms with Crippen molar-refractivity contribution in [2.45, 2.75) is 49.1 Å². The van der Waals surface area contributed by atoms with Crippen LogP contribution in [-0.2, 0) is 30.7 Å². The first-order chi connectivity index (χ1) is 18.2. The molecule has 3 heterocycles. The maximum absolute atomic E-state index is 13.8. The van der Waals surface area contributed by atoms with E-state index in [2.05, 4.69) is 15.6 Å². The summed E-state index contributed by atoms with van der Waals surface area (Å²) < 4.78 is 32.8. The first-order valence-electron chi connectivity index (χ1n) is 12.2. The first-order valence-corrected chi connectivity index (χ1v) is 13.8. The minimum atomic E-state index is -4.02. The number of β-lactam (4-membered cyclic amide) rings is 1. The molecule has 198 valence electrons. The molecule has 1 N–H and O–H groups in total. The van der Waals surface area contributed by atoms with E-state index in [0.717, 1.165) is 4.90 Å².